The lowest BCUT2D eigenvalue weighted by Gasteiger charge is -2.06. The lowest BCUT2D eigenvalue weighted by Crippen LogP contribution is -1.99. The van der Waals surface area contributed by atoms with Crippen molar-refractivity contribution in [1.29, 1.82) is 0 Å². The molecule has 0 atom stereocenters. The van der Waals surface area contributed by atoms with Gasteiger partial charge in [-0.05, 0) is 0 Å². The summed E-state index contributed by atoms with van der Waals surface area (Å²) in [5, 5.41) is 2.71. The minimum Gasteiger partial charge on any atom is -0.241 e. The maximum Gasteiger partial charge on any atom is 0.192 e. The molecule has 2 aromatic carbocycles. The van der Waals surface area contributed by atoms with Gasteiger partial charge in [0, 0.05) is 22.7 Å². The van der Waals surface area contributed by atoms with Crippen LogP contribution in [0.15, 0.2) is 72.2 Å². The van der Waals surface area contributed by atoms with Crippen molar-refractivity contribution >= 4 is 11.3 Å². The molecular weight excluding hydrogens is 304 g/mol. The van der Waals surface area contributed by atoms with Gasteiger partial charge in [0.25, 0.3) is 0 Å². The highest BCUT2D eigenvalue weighted by Gasteiger charge is 2.12. The van der Waals surface area contributed by atoms with Crippen LogP contribution < -0.4 is 0 Å². The molecule has 2 aromatic heterocycles. The van der Waals surface area contributed by atoms with Crippen LogP contribution in [0.5, 0.6) is 0 Å². The van der Waals surface area contributed by atoms with Crippen molar-refractivity contribution < 1.29 is 0 Å². The summed E-state index contributed by atoms with van der Waals surface area (Å²) in [6.07, 6.45) is 1.76. The molecule has 0 aliphatic rings. The largest absolute Gasteiger partial charge is 0.241 e. The number of hydrogen-bond acceptors (Lipinski definition) is 5. The zero-order valence-electron chi connectivity index (χ0n) is 12.1. The van der Waals surface area contributed by atoms with Gasteiger partial charge in [-0.1, -0.05) is 60.7 Å². The Morgan fingerprint density at radius 1 is 0.609 bits per heavy atom. The summed E-state index contributed by atoms with van der Waals surface area (Å²) in [6, 6.07) is 19.8. The fourth-order valence-corrected chi connectivity index (χ4v) is 2.81. The van der Waals surface area contributed by atoms with Crippen LogP contribution in [0.2, 0.25) is 0 Å². The highest BCUT2D eigenvalue weighted by atomic mass is 32.1. The van der Waals surface area contributed by atoms with E-state index in [-0.39, 0.29) is 0 Å². The number of thiazole rings is 1. The summed E-state index contributed by atoms with van der Waals surface area (Å²) in [4.78, 5) is 18.2. The zero-order chi connectivity index (χ0) is 15.5. The molecule has 2 heterocycles. The van der Waals surface area contributed by atoms with Gasteiger partial charge in [0.05, 0.1) is 0 Å². The molecule has 110 valence electrons. The Kier molecular flexibility index (Phi) is 3.62. The highest BCUT2D eigenvalue weighted by Crippen LogP contribution is 2.25. The van der Waals surface area contributed by atoms with Gasteiger partial charge in [-0.2, -0.15) is 0 Å². The summed E-state index contributed by atoms with van der Waals surface area (Å²) < 4.78 is 0. The van der Waals surface area contributed by atoms with E-state index in [0.29, 0.717) is 17.5 Å². The third kappa shape index (κ3) is 2.86. The van der Waals surface area contributed by atoms with Crippen LogP contribution in [-0.4, -0.2) is 19.9 Å². The maximum atomic E-state index is 4.64. The van der Waals surface area contributed by atoms with Gasteiger partial charge >= 0.3 is 0 Å². The summed E-state index contributed by atoms with van der Waals surface area (Å²) in [6.45, 7) is 0. The Morgan fingerprint density at radius 2 is 1.13 bits per heavy atom. The zero-order valence-corrected chi connectivity index (χ0v) is 12.9. The second-order valence-corrected chi connectivity index (χ2v) is 5.77. The molecule has 4 nitrogen and oxygen atoms in total. The minimum atomic E-state index is 0.604. The average Bonchev–Trinajstić information content (AvgIpc) is 3.18. The third-order valence-corrected chi connectivity index (χ3v) is 4.09. The van der Waals surface area contributed by atoms with Crippen LogP contribution in [0.4, 0.5) is 0 Å². The second-order valence-electron chi connectivity index (χ2n) is 4.88. The van der Waals surface area contributed by atoms with E-state index < -0.39 is 0 Å². The van der Waals surface area contributed by atoms with Crippen molar-refractivity contribution in [3.05, 3.63) is 72.2 Å². The fourth-order valence-electron chi connectivity index (χ4n) is 2.24. The molecule has 0 amide bonds. The molecule has 0 fully saturated rings. The van der Waals surface area contributed by atoms with Crippen molar-refractivity contribution in [1.82, 2.24) is 19.9 Å². The van der Waals surface area contributed by atoms with Gasteiger partial charge in [-0.3, -0.25) is 0 Å². The SMILES string of the molecule is c1ccc(-c2nc(-c3ccccc3)nc(-c3nccs3)n2)cc1. The lowest BCUT2D eigenvalue weighted by molar-refractivity contribution is 1.07. The molecule has 0 N–H and O–H groups in total. The van der Waals surface area contributed by atoms with Crippen LogP contribution in [0.1, 0.15) is 0 Å². The molecule has 23 heavy (non-hydrogen) atoms. The smallest absolute Gasteiger partial charge is 0.192 e. The quantitative estimate of drug-likeness (QED) is 0.564. The average molecular weight is 316 g/mol. The van der Waals surface area contributed by atoms with Crippen molar-refractivity contribution in [2.24, 2.45) is 0 Å². The third-order valence-electron chi connectivity index (χ3n) is 3.32. The van der Waals surface area contributed by atoms with Crippen molar-refractivity contribution in [3.63, 3.8) is 0 Å². The molecule has 0 saturated carbocycles. The Bertz CT molecular complexity index is 849. The molecule has 0 saturated heterocycles. The molecule has 0 aliphatic heterocycles. The molecule has 4 rings (SSSR count). The van der Waals surface area contributed by atoms with E-state index in [4.69, 9.17) is 0 Å². The van der Waals surface area contributed by atoms with Gasteiger partial charge in [-0.15, -0.1) is 11.3 Å². The number of nitrogens with zero attached hydrogens (tertiary/aromatic N) is 4. The standard InChI is InChI=1S/C18H12N4S/c1-3-7-13(8-4-1)15-20-16(14-9-5-2-6-10-14)22-17(21-15)18-19-11-12-23-18/h1-12H. The normalized spacial score (nSPS) is 10.6. The first-order valence-corrected chi connectivity index (χ1v) is 8.05. The molecule has 0 bridgehead atoms. The van der Waals surface area contributed by atoms with Gasteiger partial charge in [-0.25, -0.2) is 19.9 Å². The van der Waals surface area contributed by atoms with Crippen molar-refractivity contribution in [2.75, 3.05) is 0 Å². The Hall–Kier alpha value is -2.92. The first-order chi connectivity index (χ1) is 11.4. The molecule has 0 spiro atoms. The van der Waals surface area contributed by atoms with E-state index in [1.54, 1.807) is 6.20 Å². The Morgan fingerprint density at radius 3 is 1.61 bits per heavy atom. The molecule has 0 radical (unpaired) electrons. The van der Waals surface area contributed by atoms with Gasteiger partial charge < -0.3 is 0 Å². The summed E-state index contributed by atoms with van der Waals surface area (Å²) >= 11 is 1.52. The van der Waals surface area contributed by atoms with Gasteiger partial charge in [0.1, 0.15) is 0 Å². The molecular formula is C18H12N4S. The highest BCUT2D eigenvalue weighted by molar-refractivity contribution is 7.13. The number of aromatic nitrogens is 4. The number of rotatable bonds is 3. The number of benzene rings is 2. The molecule has 0 aliphatic carbocycles. The summed E-state index contributed by atoms with van der Waals surface area (Å²) in [7, 11) is 0. The van der Waals surface area contributed by atoms with Crippen LogP contribution >= 0.6 is 11.3 Å². The van der Waals surface area contributed by atoms with Crippen molar-refractivity contribution in [3.8, 4) is 33.6 Å². The predicted octanol–water partition coefficient (Wildman–Crippen LogP) is 4.33. The van der Waals surface area contributed by atoms with E-state index in [1.807, 2.05) is 66.0 Å². The van der Waals surface area contributed by atoms with Gasteiger partial charge in [0.2, 0.25) is 0 Å². The Balaban J connectivity index is 1.91. The first kappa shape index (κ1) is 13.7. The maximum absolute atomic E-state index is 4.64. The second kappa shape index (κ2) is 6.06. The summed E-state index contributed by atoms with van der Waals surface area (Å²) in [5.41, 5.74) is 1.93. The molecule has 4 aromatic rings. The monoisotopic (exact) mass is 316 g/mol. The van der Waals surface area contributed by atoms with Crippen LogP contribution in [0, 0.1) is 0 Å². The van der Waals surface area contributed by atoms with E-state index in [2.05, 4.69) is 19.9 Å². The van der Waals surface area contributed by atoms with E-state index >= 15 is 0 Å². The van der Waals surface area contributed by atoms with Gasteiger partial charge in [0.15, 0.2) is 22.5 Å². The van der Waals surface area contributed by atoms with E-state index in [1.165, 1.54) is 11.3 Å². The minimum absolute atomic E-state index is 0.604. The fraction of sp³-hybridized carbons (Fsp3) is 0. The number of hydrogen-bond donors (Lipinski definition) is 0. The lowest BCUT2D eigenvalue weighted by atomic mass is 10.2. The molecule has 0 unspecified atom stereocenters. The van der Waals surface area contributed by atoms with Crippen molar-refractivity contribution in [2.45, 2.75) is 0 Å². The topological polar surface area (TPSA) is 51.6 Å². The Labute approximate surface area is 137 Å². The van der Waals surface area contributed by atoms with E-state index in [9.17, 15) is 0 Å². The first-order valence-electron chi connectivity index (χ1n) is 7.17. The van der Waals surface area contributed by atoms with Crippen LogP contribution in [0.25, 0.3) is 33.6 Å². The predicted molar refractivity (Wildman–Crippen MR) is 91.8 cm³/mol. The summed E-state index contributed by atoms with van der Waals surface area (Å²) in [5.74, 6) is 1.92. The molecule has 5 heteroatoms. The van der Waals surface area contributed by atoms with Crippen LogP contribution in [0.3, 0.4) is 0 Å². The van der Waals surface area contributed by atoms with Crippen LogP contribution in [-0.2, 0) is 0 Å². The van der Waals surface area contributed by atoms with E-state index in [0.717, 1.165) is 16.1 Å².